The number of nitrogens with one attached hydrogen (secondary N) is 1. The fraction of sp³-hybridized carbons (Fsp3) is 0.167. The van der Waals surface area contributed by atoms with Gasteiger partial charge in [0.2, 0.25) is 0 Å². The number of hydrogen-bond acceptors (Lipinski definition) is 1. The highest BCUT2D eigenvalue weighted by molar-refractivity contribution is 5.32. The molecule has 1 unspecified atom stereocenters. The summed E-state index contributed by atoms with van der Waals surface area (Å²) >= 11 is 0. The minimum absolute atomic E-state index is 0.0456. The average Bonchev–Trinajstić information content (AvgIpc) is 2.20. The number of allylic oxidation sites excluding steroid dienone is 2. The zero-order valence-corrected chi connectivity index (χ0v) is 7.70. The van der Waals surface area contributed by atoms with E-state index in [0.29, 0.717) is 0 Å². The predicted molar refractivity (Wildman–Crippen MR) is 55.2 cm³/mol. The van der Waals surface area contributed by atoms with Crippen LogP contribution < -0.4 is 5.32 Å². The second-order valence-corrected chi connectivity index (χ2v) is 3.43. The Balaban J connectivity index is 2.35. The maximum absolute atomic E-state index is 3.34. The highest BCUT2D eigenvalue weighted by Gasteiger charge is 2.21. The molecule has 0 amide bonds. The van der Waals surface area contributed by atoms with Gasteiger partial charge in [-0.05, 0) is 24.8 Å². The largest absolute Gasteiger partial charge is 0.378 e. The lowest BCUT2D eigenvalue weighted by atomic mass is 9.90. The van der Waals surface area contributed by atoms with Crippen LogP contribution in [0, 0.1) is 0 Å². The molecule has 1 aromatic carbocycles. The zero-order chi connectivity index (χ0) is 9.15. The first kappa shape index (κ1) is 8.11. The molecule has 0 saturated heterocycles. The van der Waals surface area contributed by atoms with E-state index < -0.39 is 0 Å². The number of hydrogen-bond donors (Lipinski definition) is 1. The van der Waals surface area contributed by atoms with E-state index in [2.05, 4.69) is 48.7 Å². The first-order valence-corrected chi connectivity index (χ1v) is 4.49. The number of rotatable bonds is 1. The van der Waals surface area contributed by atoms with Crippen molar-refractivity contribution < 1.29 is 0 Å². The molecule has 1 aliphatic heterocycles. The van der Waals surface area contributed by atoms with Crippen molar-refractivity contribution in [3.63, 3.8) is 0 Å². The molecule has 0 spiro atoms. The van der Waals surface area contributed by atoms with Crippen molar-refractivity contribution in [2.45, 2.75) is 12.5 Å². The quantitative estimate of drug-likeness (QED) is 0.684. The van der Waals surface area contributed by atoms with Gasteiger partial charge >= 0.3 is 0 Å². The van der Waals surface area contributed by atoms with Crippen LogP contribution in [-0.2, 0) is 5.54 Å². The molecule has 0 saturated carbocycles. The molecule has 1 heteroatoms. The number of benzene rings is 1. The molecule has 2 rings (SSSR count). The van der Waals surface area contributed by atoms with Crippen LogP contribution in [0.5, 0.6) is 0 Å². The Bertz CT molecular complexity index is 337. The first-order valence-electron chi connectivity index (χ1n) is 4.49. The van der Waals surface area contributed by atoms with Gasteiger partial charge in [0.15, 0.2) is 0 Å². The Hall–Kier alpha value is -1.50. The molecule has 0 bridgehead atoms. The normalized spacial score (nSPS) is 25.6. The summed E-state index contributed by atoms with van der Waals surface area (Å²) in [7, 11) is 0. The molecule has 0 aliphatic carbocycles. The van der Waals surface area contributed by atoms with Crippen molar-refractivity contribution >= 4 is 0 Å². The fourth-order valence-electron chi connectivity index (χ4n) is 1.54. The maximum Gasteiger partial charge on any atom is 0.0779 e. The smallest absolute Gasteiger partial charge is 0.0779 e. The van der Waals surface area contributed by atoms with E-state index in [1.165, 1.54) is 5.56 Å². The molecule has 66 valence electrons. The molecule has 1 heterocycles. The summed E-state index contributed by atoms with van der Waals surface area (Å²) in [4.78, 5) is 0. The fourth-order valence-corrected chi connectivity index (χ4v) is 1.54. The van der Waals surface area contributed by atoms with Gasteiger partial charge < -0.3 is 5.32 Å². The Labute approximate surface area is 78.8 Å². The summed E-state index contributed by atoms with van der Waals surface area (Å²) in [6.07, 6.45) is 8.23. The van der Waals surface area contributed by atoms with Crippen LogP contribution in [-0.4, -0.2) is 0 Å². The molecule has 1 N–H and O–H groups in total. The third-order valence-corrected chi connectivity index (χ3v) is 2.39. The average molecular weight is 171 g/mol. The van der Waals surface area contributed by atoms with Crippen molar-refractivity contribution in [2.24, 2.45) is 0 Å². The lowest BCUT2D eigenvalue weighted by Crippen LogP contribution is -2.34. The topological polar surface area (TPSA) is 12.0 Å². The van der Waals surface area contributed by atoms with E-state index in [1.54, 1.807) is 0 Å². The van der Waals surface area contributed by atoms with Crippen LogP contribution in [0.25, 0.3) is 0 Å². The summed E-state index contributed by atoms with van der Waals surface area (Å²) in [5, 5.41) is 3.34. The molecule has 1 aromatic rings. The first-order chi connectivity index (χ1) is 6.31. The molecule has 1 aliphatic rings. The molecule has 0 aromatic heterocycles. The van der Waals surface area contributed by atoms with Crippen LogP contribution >= 0.6 is 0 Å². The second kappa shape index (κ2) is 3.09. The van der Waals surface area contributed by atoms with Crippen molar-refractivity contribution in [3.8, 4) is 0 Å². The standard InChI is InChI=1S/C12H13N/c1-12(9-5-6-10-13-12)11-7-3-2-4-8-11/h2-10,13H,1H3. The molecule has 1 atom stereocenters. The van der Waals surface area contributed by atoms with Crippen molar-refractivity contribution in [1.82, 2.24) is 5.32 Å². The van der Waals surface area contributed by atoms with Gasteiger partial charge in [0, 0.05) is 0 Å². The minimum Gasteiger partial charge on any atom is -0.378 e. The van der Waals surface area contributed by atoms with Gasteiger partial charge in [-0.15, -0.1) is 0 Å². The van der Waals surface area contributed by atoms with Crippen LogP contribution in [0.4, 0.5) is 0 Å². The van der Waals surface area contributed by atoms with Crippen molar-refractivity contribution in [1.29, 1.82) is 0 Å². The van der Waals surface area contributed by atoms with Gasteiger partial charge in [0.05, 0.1) is 5.54 Å². The van der Waals surface area contributed by atoms with Gasteiger partial charge in [-0.2, -0.15) is 0 Å². The van der Waals surface area contributed by atoms with Gasteiger partial charge in [0.1, 0.15) is 0 Å². The monoisotopic (exact) mass is 171 g/mol. The van der Waals surface area contributed by atoms with E-state index in [0.717, 1.165) is 0 Å². The molecule has 0 fully saturated rings. The molecule has 1 nitrogen and oxygen atoms in total. The van der Waals surface area contributed by atoms with Crippen LogP contribution in [0.15, 0.2) is 54.8 Å². The SMILES string of the molecule is CC1(c2ccccc2)C=CC=CN1. The lowest BCUT2D eigenvalue weighted by Gasteiger charge is -2.29. The minimum atomic E-state index is -0.0456. The third-order valence-electron chi connectivity index (χ3n) is 2.39. The van der Waals surface area contributed by atoms with Crippen molar-refractivity contribution in [2.75, 3.05) is 0 Å². The van der Waals surface area contributed by atoms with Crippen molar-refractivity contribution in [3.05, 3.63) is 60.3 Å². The van der Waals surface area contributed by atoms with Crippen LogP contribution in [0.1, 0.15) is 12.5 Å². The molecular weight excluding hydrogens is 158 g/mol. The Morgan fingerprint density at radius 2 is 1.85 bits per heavy atom. The van der Waals surface area contributed by atoms with E-state index in [-0.39, 0.29) is 5.54 Å². The lowest BCUT2D eigenvalue weighted by molar-refractivity contribution is 0.524. The Kier molecular flexibility index (Phi) is 1.93. The third kappa shape index (κ3) is 1.50. The van der Waals surface area contributed by atoms with E-state index in [1.807, 2.05) is 18.3 Å². The maximum atomic E-state index is 3.34. The molecular formula is C12H13N. The van der Waals surface area contributed by atoms with Gasteiger partial charge in [0.25, 0.3) is 0 Å². The molecule has 13 heavy (non-hydrogen) atoms. The van der Waals surface area contributed by atoms with Gasteiger partial charge in [-0.3, -0.25) is 0 Å². The highest BCUT2D eigenvalue weighted by Crippen LogP contribution is 2.23. The summed E-state index contributed by atoms with van der Waals surface area (Å²) in [6.45, 7) is 2.17. The predicted octanol–water partition coefficient (Wildman–Crippen LogP) is 2.57. The summed E-state index contributed by atoms with van der Waals surface area (Å²) < 4.78 is 0. The van der Waals surface area contributed by atoms with E-state index >= 15 is 0 Å². The Morgan fingerprint density at radius 1 is 1.08 bits per heavy atom. The van der Waals surface area contributed by atoms with E-state index in [4.69, 9.17) is 0 Å². The Morgan fingerprint density at radius 3 is 2.46 bits per heavy atom. The number of dihydropyridines is 1. The van der Waals surface area contributed by atoms with E-state index in [9.17, 15) is 0 Å². The zero-order valence-electron chi connectivity index (χ0n) is 7.70. The van der Waals surface area contributed by atoms with Gasteiger partial charge in [-0.25, -0.2) is 0 Å². The van der Waals surface area contributed by atoms with Crippen LogP contribution in [0.3, 0.4) is 0 Å². The summed E-state index contributed by atoms with van der Waals surface area (Å²) in [5.74, 6) is 0. The molecule has 0 radical (unpaired) electrons. The van der Waals surface area contributed by atoms with Gasteiger partial charge in [-0.1, -0.05) is 42.5 Å². The highest BCUT2D eigenvalue weighted by atomic mass is 14.9. The summed E-state index contributed by atoms with van der Waals surface area (Å²) in [6, 6.07) is 10.4. The summed E-state index contributed by atoms with van der Waals surface area (Å²) in [5.41, 5.74) is 1.24. The second-order valence-electron chi connectivity index (χ2n) is 3.43. The van der Waals surface area contributed by atoms with Crippen LogP contribution in [0.2, 0.25) is 0 Å².